The maximum Gasteiger partial charge on any atom is 0.315 e. The minimum absolute atomic E-state index is 0.574. The first kappa shape index (κ1) is 11.0. The van der Waals surface area contributed by atoms with Crippen LogP contribution in [0.2, 0.25) is 0 Å². The molecule has 2 saturated carbocycles. The third-order valence-electron chi connectivity index (χ3n) is 3.60. The van der Waals surface area contributed by atoms with Gasteiger partial charge in [0.15, 0.2) is 0 Å². The SMILES string of the molecule is C1CCC(CNc2nnc(CNC3CC3)o2)C1. The summed E-state index contributed by atoms with van der Waals surface area (Å²) in [5, 5.41) is 14.6. The number of hydrogen-bond donors (Lipinski definition) is 2. The first-order valence-corrected chi connectivity index (χ1v) is 6.70. The van der Waals surface area contributed by atoms with Crippen molar-refractivity contribution in [3.05, 3.63) is 5.89 Å². The van der Waals surface area contributed by atoms with Crippen molar-refractivity contribution in [2.45, 2.75) is 51.1 Å². The van der Waals surface area contributed by atoms with Gasteiger partial charge in [0.05, 0.1) is 6.54 Å². The topological polar surface area (TPSA) is 63.0 Å². The smallest absolute Gasteiger partial charge is 0.315 e. The molecule has 0 radical (unpaired) electrons. The maximum atomic E-state index is 5.53. The van der Waals surface area contributed by atoms with E-state index < -0.39 is 0 Å². The number of nitrogens with one attached hydrogen (secondary N) is 2. The second kappa shape index (κ2) is 5.04. The highest BCUT2D eigenvalue weighted by Gasteiger charge is 2.21. The third-order valence-corrected chi connectivity index (χ3v) is 3.60. The zero-order valence-corrected chi connectivity index (χ0v) is 10.1. The van der Waals surface area contributed by atoms with Crippen LogP contribution in [0.5, 0.6) is 0 Å². The molecule has 0 atom stereocenters. The summed E-state index contributed by atoms with van der Waals surface area (Å²) in [5.41, 5.74) is 0. The average Bonchev–Trinajstić information content (AvgIpc) is 2.86. The summed E-state index contributed by atoms with van der Waals surface area (Å²) in [6, 6.07) is 1.25. The normalized spacial score (nSPS) is 20.9. The molecular weight excluding hydrogens is 216 g/mol. The Balaban J connectivity index is 1.42. The first-order chi connectivity index (χ1) is 8.40. The lowest BCUT2D eigenvalue weighted by Gasteiger charge is -2.07. The average molecular weight is 236 g/mol. The monoisotopic (exact) mass is 236 g/mol. The third kappa shape index (κ3) is 3.19. The van der Waals surface area contributed by atoms with Gasteiger partial charge in [-0.05, 0) is 31.6 Å². The quantitative estimate of drug-likeness (QED) is 0.790. The molecule has 0 aliphatic heterocycles. The highest BCUT2D eigenvalue weighted by Crippen LogP contribution is 2.24. The summed E-state index contributed by atoms with van der Waals surface area (Å²) < 4.78 is 5.53. The fraction of sp³-hybridized carbons (Fsp3) is 0.833. The van der Waals surface area contributed by atoms with E-state index in [1.165, 1.54) is 38.5 Å². The number of hydrogen-bond acceptors (Lipinski definition) is 5. The predicted octanol–water partition coefficient (Wildman–Crippen LogP) is 1.92. The molecule has 1 aromatic heterocycles. The van der Waals surface area contributed by atoms with Crippen molar-refractivity contribution in [1.82, 2.24) is 15.5 Å². The van der Waals surface area contributed by atoms with Gasteiger partial charge in [-0.2, -0.15) is 0 Å². The van der Waals surface area contributed by atoms with E-state index in [1.54, 1.807) is 0 Å². The lowest BCUT2D eigenvalue weighted by molar-refractivity contribution is 0.470. The Labute approximate surface area is 101 Å². The molecule has 2 N–H and O–H groups in total. The van der Waals surface area contributed by atoms with Crippen LogP contribution in [0.4, 0.5) is 6.01 Å². The zero-order valence-electron chi connectivity index (χ0n) is 10.1. The summed E-state index contributed by atoms with van der Waals surface area (Å²) >= 11 is 0. The second-order valence-electron chi connectivity index (χ2n) is 5.19. The van der Waals surface area contributed by atoms with E-state index in [-0.39, 0.29) is 0 Å². The molecule has 0 unspecified atom stereocenters. The van der Waals surface area contributed by atoms with E-state index >= 15 is 0 Å². The molecule has 0 spiro atoms. The molecule has 2 aliphatic rings. The van der Waals surface area contributed by atoms with Crippen molar-refractivity contribution in [2.75, 3.05) is 11.9 Å². The molecule has 0 saturated heterocycles. The van der Waals surface area contributed by atoms with Crippen molar-refractivity contribution in [3.63, 3.8) is 0 Å². The number of anilines is 1. The Morgan fingerprint density at radius 3 is 2.71 bits per heavy atom. The molecule has 5 nitrogen and oxygen atoms in total. The molecule has 1 heterocycles. The van der Waals surface area contributed by atoms with Crippen molar-refractivity contribution in [2.24, 2.45) is 5.92 Å². The Morgan fingerprint density at radius 2 is 1.94 bits per heavy atom. The minimum atomic E-state index is 0.574. The van der Waals surface area contributed by atoms with Crippen LogP contribution in [-0.4, -0.2) is 22.8 Å². The Kier molecular flexibility index (Phi) is 3.27. The van der Waals surface area contributed by atoms with Gasteiger partial charge < -0.3 is 15.1 Å². The standard InChI is InChI=1S/C12H20N4O/c1-2-4-9(3-1)7-14-12-16-15-11(17-12)8-13-10-5-6-10/h9-10,13H,1-8H2,(H,14,16). The van der Waals surface area contributed by atoms with Gasteiger partial charge in [0.25, 0.3) is 0 Å². The van der Waals surface area contributed by atoms with Crippen molar-refractivity contribution in [1.29, 1.82) is 0 Å². The molecule has 0 bridgehead atoms. The van der Waals surface area contributed by atoms with Crippen LogP contribution in [0, 0.1) is 5.92 Å². The number of aromatic nitrogens is 2. The Bertz CT molecular complexity index is 355. The Morgan fingerprint density at radius 1 is 1.12 bits per heavy atom. The van der Waals surface area contributed by atoms with E-state index in [2.05, 4.69) is 20.8 Å². The van der Waals surface area contributed by atoms with E-state index in [0.717, 1.165) is 12.5 Å². The van der Waals surface area contributed by atoms with Crippen LogP contribution in [0.1, 0.15) is 44.4 Å². The zero-order chi connectivity index (χ0) is 11.5. The van der Waals surface area contributed by atoms with E-state index in [4.69, 9.17) is 4.42 Å². The van der Waals surface area contributed by atoms with E-state index in [0.29, 0.717) is 24.5 Å². The fourth-order valence-electron chi connectivity index (χ4n) is 2.36. The van der Waals surface area contributed by atoms with Gasteiger partial charge in [-0.1, -0.05) is 17.9 Å². The van der Waals surface area contributed by atoms with Crippen LogP contribution >= 0.6 is 0 Å². The van der Waals surface area contributed by atoms with Gasteiger partial charge in [0, 0.05) is 12.6 Å². The summed E-state index contributed by atoms with van der Waals surface area (Å²) in [6.07, 6.45) is 7.95. The van der Waals surface area contributed by atoms with Gasteiger partial charge >= 0.3 is 6.01 Å². The highest BCUT2D eigenvalue weighted by molar-refractivity contribution is 5.17. The van der Waals surface area contributed by atoms with Gasteiger partial charge in [-0.3, -0.25) is 0 Å². The van der Waals surface area contributed by atoms with Gasteiger partial charge in [-0.25, -0.2) is 0 Å². The lowest BCUT2D eigenvalue weighted by Crippen LogP contribution is -2.15. The predicted molar refractivity (Wildman–Crippen MR) is 64.6 cm³/mol. The molecule has 0 amide bonds. The molecule has 2 aliphatic carbocycles. The lowest BCUT2D eigenvalue weighted by atomic mass is 10.1. The Hall–Kier alpha value is -1.10. The van der Waals surface area contributed by atoms with Crippen LogP contribution in [-0.2, 0) is 6.54 Å². The van der Waals surface area contributed by atoms with Crippen LogP contribution in [0.25, 0.3) is 0 Å². The van der Waals surface area contributed by atoms with Crippen LogP contribution < -0.4 is 10.6 Å². The summed E-state index contributed by atoms with van der Waals surface area (Å²) in [4.78, 5) is 0. The van der Waals surface area contributed by atoms with E-state index in [1.807, 2.05) is 0 Å². The first-order valence-electron chi connectivity index (χ1n) is 6.70. The number of rotatable bonds is 6. The molecular formula is C12H20N4O. The van der Waals surface area contributed by atoms with Crippen molar-refractivity contribution < 1.29 is 4.42 Å². The van der Waals surface area contributed by atoms with Crippen LogP contribution in [0.3, 0.4) is 0 Å². The fourth-order valence-corrected chi connectivity index (χ4v) is 2.36. The highest BCUT2D eigenvalue weighted by atomic mass is 16.4. The molecule has 17 heavy (non-hydrogen) atoms. The maximum absolute atomic E-state index is 5.53. The molecule has 5 heteroatoms. The van der Waals surface area contributed by atoms with Crippen molar-refractivity contribution >= 4 is 6.01 Å². The van der Waals surface area contributed by atoms with Crippen LogP contribution in [0.15, 0.2) is 4.42 Å². The molecule has 1 aromatic rings. The van der Waals surface area contributed by atoms with Gasteiger partial charge in [0.1, 0.15) is 0 Å². The summed E-state index contributed by atoms with van der Waals surface area (Å²) in [6.45, 7) is 1.67. The van der Waals surface area contributed by atoms with Gasteiger partial charge in [0.2, 0.25) is 5.89 Å². The summed E-state index contributed by atoms with van der Waals surface area (Å²) in [7, 11) is 0. The largest absolute Gasteiger partial charge is 0.407 e. The minimum Gasteiger partial charge on any atom is -0.407 e. The number of nitrogens with zero attached hydrogens (tertiary/aromatic N) is 2. The second-order valence-corrected chi connectivity index (χ2v) is 5.19. The molecule has 3 rings (SSSR count). The molecule has 94 valence electrons. The molecule has 2 fully saturated rings. The summed E-state index contributed by atoms with van der Waals surface area (Å²) in [5.74, 6) is 1.47. The van der Waals surface area contributed by atoms with Gasteiger partial charge in [-0.15, -0.1) is 5.10 Å². The van der Waals surface area contributed by atoms with Crippen molar-refractivity contribution in [3.8, 4) is 0 Å². The van der Waals surface area contributed by atoms with E-state index in [9.17, 15) is 0 Å². The molecule has 0 aromatic carbocycles.